The van der Waals surface area contributed by atoms with E-state index >= 15 is 0 Å². The van der Waals surface area contributed by atoms with E-state index in [0.717, 1.165) is 38.2 Å². The van der Waals surface area contributed by atoms with Gasteiger partial charge >= 0.3 is 0 Å². The summed E-state index contributed by atoms with van der Waals surface area (Å²) in [5.74, 6) is 7.10. The van der Waals surface area contributed by atoms with Crippen molar-refractivity contribution >= 4 is 21.4 Å². The predicted molar refractivity (Wildman–Crippen MR) is 140 cm³/mol. The van der Waals surface area contributed by atoms with Gasteiger partial charge in [0.1, 0.15) is 16.6 Å². The van der Waals surface area contributed by atoms with Crippen LogP contribution < -0.4 is 4.74 Å². The van der Waals surface area contributed by atoms with Crippen LogP contribution >= 0.6 is 11.3 Å². The standard InChI is InChI=1S/C27H36N2O3S2/c1-5-28(17-8-6-7-16-27(2,3)4)22-23-11-9-12-25(21-23)32-19-18-29(24-14-15-24)34(30,31)26-13-10-20-33-26/h6,8-13,20-21,24H,5,14-15,17-19,22H2,1-4H3/b8-6+. The van der Waals surface area contributed by atoms with Crippen LogP contribution in [0.25, 0.3) is 0 Å². The largest absolute Gasteiger partial charge is 0.492 e. The summed E-state index contributed by atoms with van der Waals surface area (Å²) in [5, 5.41) is 1.80. The van der Waals surface area contributed by atoms with Crippen molar-refractivity contribution in [2.45, 2.75) is 57.3 Å². The van der Waals surface area contributed by atoms with E-state index in [9.17, 15) is 8.42 Å². The Morgan fingerprint density at radius 1 is 1.21 bits per heavy atom. The molecule has 1 saturated carbocycles. The number of thiophene rings is 1. The Labute approximate surface area is 209 Å². The lowest BCUT2D eigenvalue weighted by Gasteiger charge is -2.21. The molecule has 0 saturated heterocycles. The molecule has 34 heavy (non-hydrogen) atoms. The molecule has 1 aromatic heterocycles. The van der Waals surface area contributed by atoms with Crippen LogP contribution in [0.15, 0.2) is 58.1 Å². The molecule has 2 aromatic rings. The molecule has 0 unspecified atom stereocenters. The third kappa shape index (κ3) is 8.28. The summed E-state index contributed by atoms with van der Waals surface area (Å²) in [7, 11) is -3.45. The van der Waals surface area contributed by atoms with Crippen molar-refractivity contribution in [3.63, 3.8) is 0 Å². The number of sulfonamides is 1. The quantitative estimate of drug-likeness (QED) is 0.366. The zero-order chi connectivity index (χ0) is 24.6. The van der Waals surface area contributed by atoms with E-state index in [1.807, 2.05) is 24.3 Å². The highest BCUT2D eigenvalue weighted by molar-refractivity contribution is 7.91. The van der Waals surface area contributed by atoms with Gasteiger partial charge in [0.25, 0.3) is 10.0 Å². The Hall–Kier alpha value is -2.11. The minimum Gasteiger partial charge on any atom is -0.492 e. The normalized spacial score (nSPS) is 14.5. The van der Waals surface area contributed by atoms with Crippen LogP contribution in [0.3, 0.4) is 0 Å². The lowest BCUT2D eigenvalue weighted by Crippen LogP contribution is -2.36. The second kappa shape index (κ2) is 12.0. The molecule has 5 nitrogen and oxygen atoms in total. The second-order valence-corrected chi connectivity index (χ2v) is 12.6. The van der Waals surface area contributed by atoms with Crippen LogP contribution in [0, 0.1) is 17.3 Å². The summed E-state index contributed by atoms with van der Waals surface area (Å²) < 4.78 is 33.9. The number of allylic oxidation sites excluding steroid dienone is 1. The van der Waals surface area contributed by atoms with E-state index in [1.165, 1.54) is 16.9 Å². The van der Waals surface area contributed by atoms with Gasteiger partial charge in [0.05, 0.1) is 0 Å². The maximum atomic E-state index is 13.0. The van der Waals surface area contributed by atoms with E-state index < -0.39 is 10.0 Å². The Balaban J connectivity index is 1.53. The fourth-order valence-corrected chi connectivity index (χ4v) is 6.25. The third-order valence-electron chi connectivity index (χ3n) is 5.36. The van der Waals surface area contributed by atoms with Crippen LogP contribution in [0.5, 0.6) is 5.75 Å². The van der Waals surface area contributed by atoms with E-state index in [-0.39, 0.29) is 11.5 Å². The number of likely N-dealkylation sites (N-methyl/N-ethyl adjacent to an activating group) is 1. The van der Waals surface area contributed by atoms with Crippen LogP contribution in [0.4, 0.5) is 0 Å². The van der Waals surface area contributed by atoms with Gasteiger partial charge < -0.3 is 4.74 Å². The summed E-state index contributed by atoms with van der Waals surface area (Å²) in [6.07, 6.45) is 5.87. The highest BCUT2D eigenvalue weighted by Gasteiger charge is 2.38. The monoisotopic (exact) mass is 500 g/mol. The van der Waals surface area contributed by atoms with Gasteiger partial charge in [-0.2, -0.15) is 4.31 Å². The molecule has 1 aromatic carbocycles. The molecule has 1 aliphatic rings. The molecule has 0 aliphatic heterocycles. The van der Waals surface area contributed by atoms with Crippen molar-refractivity contribution in [3.05, 3.63) is 59.5 Å². The van der Waals surface area contributed by atoms with Gasteiger partial charge in [0.2, 0.25) is 0 Å². The van der Waals surface area contributed by atoms with Crippen molar-refractivity contribution in [2.75, 3.05) is 26.2 Å². The van der Waals surface area contributed by atoms with Gasteiger partial charge in [0, 0.05) is 31.1 Å². The van der Waals surface area contributed by atoms with Crippen molar-refractivity contribution in [3.8, 4) is 17.6 Å². The highest BCUT2D eigenvalue weighted by atomic mass is 32.2. The maximum absolute atomic E-state index is 13.0. The highest BCUT2D eigenvalue weighted by Crippen LogP contribution is 2.33. The lowest BCUT2D eigenvalue weighted by atomic mass is 9.98. The van der Waals surface area contributed by atoms with E-state index in [2.05, 4.69) is 56.6 Å². The minimum atomic E-state index is -3.45. The summed E-state index contributed by atoms with van der Waals surface area (Å²) in [6.45, 7) is 11.7. The van der Waals surface area contributed by atoms with Gasteiger partial charge in [-0.3, -0.25) is 4.90 Å². The Bertz CT molecular complexity index is 1100. The number of ether oxygens (including phenoxy) is 1. The van der Waals surface area contributed by atoms with Crippen LogP contribution in [-0.2, 0) is 16.6 Å². The van der Waals surface area contributed by atoms with Gasteiger partial charge in [-0.15, -0.1) is 11.3 Å². The molecule has 0 bridgehead atoms. The first-order valence-corrected chi connectivity index (χ1v) is 14.2. The molecular formula is C27H36N2O3S2. The predicted octanol–water partition coefficient (Wildman–Crippen LogP) is 5.41. The SMILES string of the molecule is CCN(C/C=C/C#CC(C)(C)C)Cc1cccc(OCCN(C2CC2)S(=O)(=O)c2cccs2)c1. The van der Waals surface area contributed by atoms with Crippen molar-refractivity contribution < 1.29 is 13.2 Å². The first kappa shape index (κ1) is 26.5. The molecule has 0 amide bonds. The van der Waals surface area contributed by atoms with E-state index in [4.69, 9.17) is 4.74 Å². The van der Waals surface area contributed by atoms with Crippen molar-refractivity contribution in [1.82, 2.24) is 9.21 Å². The molecule has 1 aliphatic carbocycles. The van der Waals surface area contributed by atoms with Gasteiger partial charge in [-0.05, 0) is 75.4 Å². The summed E-state index contributed by atoms with van der Waals surface area (Å²) in [4.78, 5) is 2.33. The van der Waals surface area contributed by atoms with Gasteiger partial charge in [-0.1, -0.05) is 43.0 Å². The molecule has 1 heterocycles. The number of rotatable bonds is 12. The molecule has 0 radical (unpaired) electrons. The zero-order valence-corrected chi connectivity index (χ0v) is 22.3. The Kier molecular flexibility index (Phi) is 9.38. The smallest absolute Gasteiger partial charge is 0.252 e. The first-order chi connectivity index (χ1) is 16.2. The second-order valence-electron chi connectivity index (χ2n) is 9.52. The summed E-state index contributed by atoms with van der Waals surface area (Å²) in [5.41, 5.74) is 1.18. The minimum absolute atomic E-state index is 0.0129. The molecular weight excluding hydrogens is 464 g/mol. The van der Waals surface area contributed by atoms with Crippen LogP contribution in [0.2, 0.25) is 0 Å². The number of benzene rings is 1. The molecule has 7 heteroatoms. The van der Waals surface area contributed by atoms with Crippen molar-refractivity contribution in [2.24, 2.45) is 5.41 Å². The summed E-state index contributed by atoms with van der Waals surface area (Å²) in [6, 6.07) is 11.6. The Morgan fingerprint density at radius 2 is 2.00 bits per heavy atom. The van der Waals surface area contributed by atoms with E-state index in [1.54, 1.807) is 21.8 Å². The molecule has 0 N–H and O–H groups in total. The van der Waals surface area contributed by atoms with E-state index in [0.29, 0.717) is 17.4 Å². The maximum Gasteiger partial charge on any atom is 0.252 e. The molecule has 1 fully saturated rings. The number of hydrogen-bond donors (Lipinski definition) is 0. The van der Waals surface area contributed by atoms with Gasteiger partial charge in [0.15, 0.2) is 0 Å². The first-order valence-electron chi connectivity index (χ1n) is 11.9. The fourth-order valence-electron chi connectivity index (χ4n) is 3.46. The fraction of sp³-hybridized carbons (Fsp3) is 0.481. The topological polar surface area (TPSA) is 49.9 Å². The summed E-state index contributed by atoms with van der Waals surface area (Å²) >= 11 is 1.26. The third-order valence-corrected chi connectivity index (χ3v) is 8.68. The van der Waals surface area contributed by atoms with Gasteiger partial charge in [-0.25, -0.2) is 8.42 Å². The molecule has 3 rings (SSSR count). The van der Waals surface area contributed by atoms with Crippen molar-refractivity contribution in [1.29, 1.82) is 0 Å². The zero-order valence-electron chi connectivity index (χ0n) is 20.7. The average molecular weight is 501 g/mol. The van der Waals surface area contributed by atoms with Crippen LogP contribution in [0.1, 0.15) is 46.1 Å². The average Bonchev–Trinajstić information content (AvgIpc) is 3.45. The molecule has 184 valence electrons. The Morgan fingerprint density at radius 3 is 2.65 bits per heavy atom. The van der Waals surface area contributed by atoms with Crippen LogP contribution in [-0.4, -0.2) is 49.9 Å². The number of nitrogens with zero attached hydrogens (tertiary/aromatic N) is 2. The lowest BCUT2D eigenvalue weighted by molar-refractivity contribution is 0.268. The molecule has 0 atom stereocenters. The number of hydrogen-bond acceptors (Lipinski definition) is 5. The molecule has 0 spiro atoms.